The van der Waals surface area contributed by atoms with E-state index in [1.54, 1.807) is 0 Å². The van der Waals surface area contributed by atoms with Crippen molar-refractivity contribution in [2.75, 3.05) is 39.6 Å². The molecule has 0 saturated carbocycles. The van der Waals surface area contributed by atoms with Gasteiger partial charge in [0.25, 0.3) is 0 Å². The summed E-state index contributed by atoms with van der Waals surface area (Å²) in [5.74, 6) is -0.573. The normalized spacial score (nSPS) is 14.2. The summed E-state index contributed by atoms with van der Waals surface area (Å²) >= 11 is 0. The van der Waals surface area contributed by atoms with Gasteiger partial charge in [-0.05, 0) is 37.5 Å². The molecule has 3 N–H and O–H groups in total. The molecule has 0 fully saturated rings. The van der Waals surface area contributed by atoms with Crippen molar-refractivity contribution in [3.8, 4) is 0 Å². The van der Waals surface area contributed by atoms with Crippen LogP contribution in [0.15, 0.2) is 0 Å². The number of hydrogen-bond donors (Lipinski definition) is 3. The first-order chi connectivity index (χ1) is 41.9. The zero-order chi connectivity index (χ0) is 64.3. The van der Waals surface area contributed by atoms with Crippen molar-refractivity contribution in [3.05, 3.63) is 0 Å². The lowest BCUT2D eigenvalue weighted by Gasteiger charge is -2.21. The maximum atomic E-state index is 13.0. The molecule has 516 valence electrons. The number of unbranched alkanes of at least 4 members (excludes halogenated alkanes) is 37. The Balaban J connectivity index is 5.20. The Kier molecular flexibility index (Phi) is 59.0. The molecule has 19 heteroatoms. The van der Waals surface area contributed by atoms with Crippen LogP contribution in [0.25, 0.3) is 0 Å². The van der Waals surface area contributed by atoms with E-state index in [-0.39, 0.29) is 25.7 Å². The van der Waals surface area contributed by atoms with E-state index in [0.717, 1.165) is 115 Å². The molecule has 0 bridgehead atoms. The van der Waals surface area contributed by atoms with Crippen LogP contribution < -0.4 is 0 Å². The van der Waals surface area contributed by atoms with E-state index in [1.165, 1.54) is 148 Å². The van der Waals surface area contributed by atoms with Crippen molar-refractivity contribution in [2.24, 2.45) is 11.8 Å². The molecule has 87 heavy (non-hydrogen) atoms. The molecule has 0 aliphatic rings. The Morgan fingerprint density at radius 2 is 0.529 bits per heavy atom. The summed E-state index contributed by atoms with van der Waals surface area (Å²) in [4.78, 5) is 72.3. The predicted molar refractivity (Wildman–Crippen MR) is 349 cm³/mol. The SMILES string of the molecule is CCCCCCCCCCCCC(=O)O[C@H](COC(=O)CCCCCCCCC)COP(=O)(O)OC[C@H](O)COP(=O)(O)OC[C@@H](COC(=O)CCCCCCCCCCCCCC(C)C)OC(=O)CCCCCCCCCCCCCCCC(C)C. The van der Waals surface area contributed by atoms with Crippen LogP contribution in [0.3, 0.4) is 0 Å². The first kappa shape index (κ1) is 85.1. The van der Waals surface area contributed by atoms with Gasteiger partial charge in [0.05, 0.1) is 26.4 Å². The van der Waals surface area contributed by atoms with Gasteiger partial charge in [-0.3, -0.25) is 37.3 Å². The zero-order valence-corrected chi connectivity index (χ0v) is 58.1. The Morgan fingerprint density at radius 1 is 0.310 bits per heavy atom. The molecule has 0 saturated heterocycles. The third kappa shape index (κ3) is 62.6. The van der Waals surface area contributed by atoms with E-state index in [1.807, 2.05) is 0 Å². The zero-order valence-electron chi connectivity index (χ0n) is 56.3. The summed E-state index contributed by atoms with van der Waals surface area (Å²) in [6, 6.07) is 0. The van der Waals surface area contributed by atoms with E-state index in [4.69, 9.17) is 37.0 Å². The number of carbonyl (C=O) groups excluding carboxylic acids is 4. The lowest BCUT2D eigenvalue weighted by atomic mass is 10.0. The minimum atomic E-state index is -4.95. The first-order valence-corrected chi connectivity index (χ1v) is 38.5. The minimum absolute atomic E-state index is 0.106. The van der Waals surface area contributed by atoms with E-state index >= 15 is 0 Å². The van der Waals surface area contributed by atoms with E-state index in [0.29, 0.717) is 25.7 Å². The summed E-state index contributed by atoms with van der Waals surface area (Å²) in [6.45, 7) is 9.51. The first-order valence-electron chi connectivity index (χ1n) is 35.5. The third-order valence-electron chi connectivity index (χ3n) is 15.7. The number of aliphatic hydroxyl groups is 1. The molecule has 0 aliphatic carbocycles. The van der Waals surface area contributed by atoms with Crippen LogP contribution >= 0.6 is 15.6 Å². The molecule has 2 unspecified atom stereocenters. The molecule has 0 aromatic heterocycles. The average Bonchev–Trinajstić information content (AvgIpc) is 3.69. The van der Waals surface area contributed by atoms with Crippen LogP contribution in [0.4, 0.5) is 0 Å². The number of phosphoric ester groups is 2. The number of phosphoric acid groups is 2. The number of esters is 4. The fourth-order valence-corrected chi connectivity index (χ4v) is 11.8. The minimum Gasteiger partial charge on any atom is -0.462 e. The Hall–Kier alpha value is -1.94. The van der Waals surface area contributed by atoms with Gasteiger partial charge in [0.15, 0.2) is 12.2 Å². The molecule has 0 radical (unpaired) electrons. The van der Waals surface area contributed by atoms with Crippen molar-refractivity contribution >= 4 is 39.5 Å². The Labute approximate surface area is 530 Å². The highest BCUT2D eigenvalue weighted by atomic mass is 31.2. The molecule has 0 aliphatic heterocycles. The topological polar surface area (TPSA) is 237 Å². The van der Waals surface area contributed by atoms with Crippen LogP contribution in [0.2, 0.25) is 0 Å². The molecule has 0 heterocycles. The molecular weight excluding hydrogens is 1150 g/mol. The fraction of sp³-hybridized carbons (Fsp3) is 0.941. The molecule has 0 rings (SSSR count). The van der Waals surface area contributed by atoms with E-state index in [9.17, 15) is 43.2 Å². The predicted octanol–water partition coefficient (Wildman–Crippen LogP) is 19.2. The van der Waals surface area contributed by atoms with Crippen molar-refractivity contribution < 1.29 is 80.2 Å². The summed E-state index contributed by atoms with van der Waals surface area (Å²) < 4.78 is 68.1. The molecule has 0 aromatic rings. The van der Waals surface area contributed by atoms with Crippen LogP contribution in [-0.4, -0.2) is 96.7 Å². The molecule has 5 atom stereocenters. The summed E-state index contributed by atoms with van der Waals surface area (Å²) in [5, 5.41) is 10.6. The smallest absolute Gasteiger partial charge is 0.462 e. The van der Waals surface area contributed by atoms with Gasteiger partial charge >= 0.3 is 39.5 Å². The highest BCUT2D eigenvalue weighted by Crippen LogP contribution is 2.45. The highest BCUT2D eigenvalue weighted by Gasteiger charge is 2.30. The van der Waals surface area contributed by atoms with Gasteiger partial charge in [-0.25, -0.2) is 9.13 Å². The second-order valence-corrected chi connectivity index (χ2v) is 28.4. The van der Waals surface area contributed by atoms with Crippen molar-refractivity contribution in [3.63, 3.8) is 0 Å². The summed E-state index contributed by atoms with van der Waals surface area (Å²) in [6.07, 6.45) is 44.5. The quantitative estimate of drug-likeness (QED) is 0.0222. The molecule has 0 spiro atoms. The molecule has 17 nitrogen and oxygen atoms in total. The number of carbonyl (C=O) groups is 4. The van der Waals surface area contributed by atoms with Crippen molar-refractivity contribution in [2.45, 2.75) is 362 Å². The standard InChI is InChI=1S/C68H132O17P2/c1-7-9-11-13-15-16-27-34-40-46-52-67(72)84-63(56-78-65(70)50-44-38-30-14-12-10-8-2)58-82-86(74,75)80-54-62(69)55-81-87(76,77)83-59-64(57-79-66(71)51-45-39-33-28-24-20-22-26-32-37-43-49-61(5)6)85-68(73)53-47-41-35-29-23-19-17-18-21-25-31-36-42-48-60(3)4/h60-64,69H,7-59H2,1-6H3,(H,74,75)(H,76,77)/t62-,63+,64+/m0/s1. The van der Waals surface area contributed by atoms with Gasteiger partial charge in [0.2, 0.25) is 0 Å². The number of rotatable bonds is 67. The lowest BCUT2D eigenvalue weighted by molar-refractivity contribution is -0.161. The van der Waals surface area contributed by atoms with Crippen LogP contribution in [0, 0.1) is 11.8 Å². The van der Waals surface area contributed by atoms with Crippen molar-refractivity contribution in [1.29, 1.82) is 0 Å². The largest absolute Gasteiger partial charge is 0.472 e. The number of hydrogen-bond acceptors (Lipinski definition) is 15. The summed E-state index contributed by atoms with van der Waals surface area (Å²) in [7, 11) is -9.89. The maximum absolute atomic E-state index is 13.0. The van der Waals surface area contributed by atoms with Gasteiger partial charge < -0.3 is 33.8 Å². The monoisotopic (exact) mass is 1280 g/mol. The van der Waals surface area contributed by atoms with Gasteiger partial charge in [-0.2, -0.15) is 0 Å². The second-order valence-electron chi connectivity index (χ2n) is 25.5. The lowest BCUT2D eigenvalue weighted by Crippen LogP contribution is -2.30. The van der Waals surface area contributed by atoms with E-state index in [2.05, 4.69) is 41.5 Å². The second kappa shape index (κ2) is 60.3. The number of aliphatic hydroxyl groups excluding tert-OH is 1. The Bertz CT molecular complexity index is 1700. The van der Waals surface area contributed by atoms with Gasteiger partial charge in [0, 0.05) is 25.7 Å². The van der Waals surface area contributed by atoms with Crippen LogP contribution in [0.5, 0.6) is 0 Å². The van der Waals surface area contributed by atoms with Gasteiger partial charge in [0.1, 0.15) is 19.3 Å². The Morgan fingerprint density at radius 3 is 0.782 bits per heavy atom. The van der Waals surface area contributed by atoms with E-state index < -0.39 is 97.5 Å². The molecule has 0 amide bonds. The van der Waals surface area contributed by atoms with Gasteiger partial charge in [-0.15, -0.1) is 0 Å². The average molecular weight is 1280 g/mol. The van der Waals surface area contributed by atoms with Crippen LogP contribution in [0.1, 0.15) is 343 Å². The fourth-order valence-electron chi connectivity index (χ4n) is 10.2. The van der Waals surface area contributed by atoms with Crippen molar-refractivity contribution in [1.82, 2.24) is 0 Å². The third-order valence-corrected chi connectivity index (χ3v) is 17.6. The summed E-state index contributed by atoms with van der Waals surface area (Å²) in [5.41, 5.74) is 0. The maximum Gasteiger partial charge on any atom is 0.472 e. The van der Waals surface area contributed by atoms with Crippen LogP contribution in [-0.2, 0) is 65.4 Å². The number of ether oxygens (including phenoxy) is 4. The van der Waals surface area contributed by atoms with Gasteiger partial charge in [-0.1, -0.05) is 292 Å². The highest BCUT2D eigenvalue weighted by molar-refractivity contribution is 7.47. The molecular formula is C68H132O17P2. The molecule has 0 aromatic carbocycles.